The molecule has 0 aromatic heterocycles. The average Bonchev–Trinajstić information content (AvgIpc) is 2.14. The van der Waals surface area contributed by atoms with Gasteiger partial charge in [0, 0.05) is 0 Å². The van der Waals surface area contributed by atoms with Crippen molar-refractivity contribution in [3.63, 3.8) is 0 Å². The first-order valence-electron chi connectivity index (χ1n) is 5.85. The molecule has 96 valence electrons. The first kappa shape index (κ1) is 15.4. The van der Waals surface area contributed by atoms with Crippen molar-refractivity contribution in [2.24, 2.45) is 0 Å². The zero-order chi connectivity index (χ0) is 12.8. The predicted molar refractivity (Wildman–Crippen MR) is 66.5 cm³/mol. The van der Waals surface area contributed by atoms with Crippen LogP contribution in [0.5, 0.6) is 0 Å². The Morgan fingerprint density at radius 3 is 2.44 bits per heavy atom. The molecule has 1 N–H and O–H groups in total. The Balaban J connectivity index is 4.01. The highest BCUT2D eigenvalue weighted by Crippen LogP contribution is 2.10. The highest BCUT2D eigenvalue weighted by Gasteiger charge is 2.24. The van der Waals surface area contributed by atoms with Gasteiger partial charge in [0.05, 0.1) is 0 Å². The van der Waals surface area contributed by atoms with Gasteiger partial charge in [-0.15, -0.1) is 0 Å². The van der Waals surface area contributed by atoms with Crippen LogP contribution in [-0.4, -0.2) is 49.7 Å². The molecule has 1 atom stereocenters. The van der Waals surface area contributed by atoms with E-state index < -0.39 is 5.60 Å². The molecule has 0 fully saturated rings. The third-order valence-electron chi connectivity index (χ3n) is 2.35. The lowest BCUT2D eigenvalue weighted by atomic mass is 10.2. The van der Waals surface area contributed by atoms with Crippen molar-refractivity contribution >= 4 is 5.97 Å². The minimum Gasteiger partial charge on any atom is -0.459 e. The summed E-state index contributed by atoms with van der Waals surface area (Å²) in [6.45, 7) is 9.40. The van der Waals surface area contributed by atoms with Crippen LogP contribution in [0.15, 0.2) is 0 Å². The number of carbonyl (C=O) groups is 1. The monoisotopic (exact) mass is 230 g/mol. The topological polar surface area (TPSA) is 41.6 Å². The molecule has 0 aromatic rings. The van der Waals surface area contributed by atoms with Crippen LogP contribution >= 0.6 is 0 Å². The molecule has 0 aliphatic rings. The second-order valence-electron chi connectivity index (χ2n) is 5.15. The van der Waals surface area contributed by atoms with E-state index in [2.05, 4.69) is 5.32 Å². The Morgan fingerprint density at radius 1 is 1.44 bits per heavy atom. The Morgan fingerprint density at radius 2 is 2.00 bits per heavy atom. The Kier molecular flexibility index (Phi) is 6.60. The van der Waals surface area contributed by atoms with Crippen LogP contribution < -0.4 is 5.32 Å². The maximum atomic E-state index is 11.8. The van der Waals surface area contributed by atoms with Gasteiger partial charge in [-0.2, -0.15) is 0 Å². The standard InChI is InChI=1S/C12H26N2O2/c1-10(11(15)16-12(2,3)4)14(6)9-7-8-13-5/h10,13H,7-9H2,1-6H3. The van der Waals surface area contributed by atoms with Gasteiger partial charge < -0.3 is 10.1 Å². The van der Waals surface area contributed by atoms with Crippen LogP contribution in [0.2, 0.25) is 0 Å². The number of hydrogen-bond acceptors (Lipinski definition) is 4. The molecule has 0 aromatic carbocycles. The molecule has 0 amide bonds. The number of esters is 1. The fraction of sp³-hybridized carbons (Fsp3) is 0.917. The second kappa shape index (κ2) is 6.86. The van der Waals surface area contributed by atoms with E-state index in [1.165, 1.54) is 0 Å². The smallest absolute Gasteiger partial charge is 0.323 e. The lowest BCUT2D eigenvalue weighted by molar-refractivity contribution is -0.160. The summed E-state index contributed by atoms with van der Waals surface area (Å²) >= 11 is 0. The van der Waals surface area contributed by atoms with Crippen molar-refractivity contribution in [3.8, 4) is 0 Å². The lowest BCUT2D eigenvalue weighted by Gasteiger charge is -2.27. The van der Waals surface area contributed by atoms with Crippen molar-refractivity contribution < 1.29 is 9.53 Å². The van der Waals surface area contributed by atoms with Gasteiger partial charge in [0.15, 0.2) is 0 Å². The molecule has 16 heavy (non-hydrogen) atoms. The number of nitrogens with zero attached hydrogens (tertiary/aromatic N) is 1. The van der Waals surface area contributed by atoms with E-state index in [-0.39, 0.29) is 12.0 Å². The van der Waals surface area contributed by atoms with E-state index in [9.17, 15) is 4.79 Å². The van der Waals surface area contributed by atoms with Crippen molar-refractivity contribution in [1.29, 1.82) is 0 Å². The number of likely N-dealkylation sites (N-methyl/N-ethyl adjacent to an activating group) is 1. The number of rotatable bonds is 6. The maximum Gasteiger partial charge on any atom is 0.323 e. The van der Waals surface area contributed by atoms with Gasteiger partial charge in [-0.05, 0) is 61.3 Å². The third kappa shape index (κ3) is 6.80. The highest BCUT2D eigenvalue weighted by molar-refractivity contribution is 5.75. The van der Waals surface area contributed by atoms with Crippen LogP contribution in [-0.2, 0) is 9.53 Å². The van der Waals surface area contributed by atoms with Crippen molar-refractivity contribution in [1.82, 2.24) is 10.2 Å². The zero-order valence-electron chi connectivity index (χ0n) is 11.5. The molecule has 0 aliphatic heterocycles. The van der Waals surface area contributed by atoms with Crippen LogP contribution in [0.4, 0.5) is 0 Å². The van der Waals surface area contributed by atoms with Crippen LogP contribution in [0, 0.1) is 0 Å². The summed E-state index contributed by atoms with van der Waals surface area (Å²) in [5.74, 6) is -0.153. The molecule has 1 unspecified atom stereocenters. The van der Waals surface area contributed by atoms with E-state index in [1.807, 2.05) is 46.7 Å². The largest absolute Gasteiger partial charge is 0.459 e. The van der Waals surface area contributed by atoms with Gasteiger partial charge >= 0.3 is 5.97 Å². The molecular weight excluding hydrogens is 204 g/mol. The number of hydrogen-bond donors (Lipinski definition) is 1. The molecule has 0 saturated carbocycles. The number of ether oxygens (including phenoxy) is 1. The van der Waals surface area contributed by atoms with Gasteiger partial charge in [0.1, 0.15) is 11.6 Å². The minimum atomic E-state index is -0.406. The van der Waals surface area contributed by atoms with Gasteiger partial charge in [0.25, 0.3) is 0 Å². The van der Waals surface area contributed by atoms with Crippen molar-refractivity contribution in [2.75, 3.05) is 27.2 Å². The SMILES string of the molecule is CNCCCN(C)C(C)C(=O)OC(C)(C)C. The van der Waals surface area contributed by atoms with Crippen molar-refractivity contribution in [2.45, 2.75) is 45.8 Å². The molecule has 0 aliphatic carbocycles. The Bertz CT molecular complexity index is 212. The number of nitrogens with one attached hydrogen (secondary N) is 1. The molecule has 0 radical (unpaired) electrons. The molecule has 4 heteroatoms. The van der Waals surface area contributed by atoms with Crippen LogP contribution in [0.3, 0.4) is 0 Å². The van der Waals surface area contributed by atoms with E-state index in [1.54, 1.807) is 0 Å². The Labute approximate surface area is 99.3 Å². The molecule has 0 rings (SSSR count). The molecule has 4 nitrogen and oxygen atoms in total. The normalized spacial score (nSPS) is 13.9. The van der Waals surface area contributed by atoms with Crippen molar-refractivity contribution in [3.05, 3.63) is 0 Å². The second-order valence-corrected chi connectivity index (χ2v) is 5.15. The fourth-order valence-electron chi connectivity index (χ4n) is 1.27. The zero-order valence-corrected chi connectivity index (χ0v) is 11.5. The molecular formula is C12H26N2O2. The van der Waals surface area contributed by atoms with Gasteiger partial charge in [-0.1, -0.05) is 0 Å². The Hall–Kier alpha value is -0.610. The van der Waals surface area contributed by atoms with Gasteiger partial charge in [0.2, 0.25) is 0 Å². The highest BCUT2D eigenvalue weighted by atomic mass is 16.6. The summed E-state index contributed by atoms with van der Waals surface area (Å²) < 4.78 is 5.33. The predicted octanol–water partition coefficient (Wildman–Crippen LogP) is 1.26. The molecule has 0 spiro atoms. The average molecular weight is 230 g/mol. The summed E-state index contributed by atoms with van der Waals surface area (Å²) in [7, 11) is 3.88. The summed E-state index contributed by atoms with van der Waals surface area (Å²) in [6.07, 6.45) is 1.03. The van der Waals surface area contributed by atoms with Gasteiger partial charge in [-0.25, -0.2) is 0 Å². The summed E-state index contributed by atoms with van der Waals surface area (Å²) in [5.41, 5.74) is -0.406. The quantitative estimate of drug-likeness (QED) is 0.551. The first-order chi connectivity index (χ1) is 7.28. The molecule has 0 bridgehead atoms. The van der Waals surface area contributed by atoms with E-state index in [0.717, 1.165) is 19.5 Å². The first-order valence-corrected chi connectivity index (χ1v) is 5.85. The maximum absolute atomic E-state index is 11.8. The van der Waals surface area contributed by atoms with E-state index >= 15 is 0 Å². The third-order valence-corrected chi connectivity index (χ3v) is 2.35. The number of carbonyl (C=O) groups excluding carboxylic acids is 1. The minimum absolute atomic E-state index is 0.153. The lowest BCUT2D eigenvalue weighted by Crippen LogP contribution is -2.41. The van der Waals surface area contributed by atoms with E-state index in [0.29, 0.717) is 0 Å². The van der Waals surface area contributed by atoms with Crippen LogP contribution in [0.25, 0.3) is 0 Å². The molecule has 0 heterocycles. The molecule has 0 saturated heterocycles. The van der Waals surface area contributed by atoms with E-state index in [4.69, 9.17) is 4.74 Å². The fourth-order valence-corrected chi connectivity index (χ4v) is 1.27. The summed E-state index contributed by atoms with van der Waals surface area (Å²) in [5, 5.41) is 3.09. The summed E-state index contributed by atoms with van der Waals surface area (Å²) in [4.78, 5) is 13.8. The van der Waals surface area contributed by atoms with Gasteiger partial charge in [-0.3, -0.25) is 9.69 Å². The van der Waals surface area contributed by atoms with Crippen LogP contribution in [0.1, 0.15) is 34.1 Å². The summed E-state index contributed by atoms with van der Waals surface area (Å²) in [6, 6.07) is -0.184.